The molecule has 1 fully saturated rings. The van der Waals surface area contributed by atoms with E-state index in [9.17, 15) is 0 Å². The standard InChI is InChI=1S/C16H28N2O2S/c1-5-13-14(11-17-12(3)4)21-15(18-13)16(20-6-2)7-9-19-10-8-16/h12,17H,5-11H2,1-4H3. The lowest BCUT2D eigenvalue weighted by atomic mass is 9.95. The Balaban J connectivity index is 2.24. The lowest BCUT2D eigenvalue weighted by Gasteiger charge is -2.35. The average molecular weight is 312 g/mol. The van der Waals surface area contributed by atoms with Crippen LogP contribution in [-0.2, 0) is 28.0 Å². The van der Waals surface area contributed by atoms with Crippen LogP contribution in [0.4, 0.5) is 0 Å². The van der Waals surface area contributed by atoms with Crippen LogP contribution >= 0.6 is 11.3 Å². The number of nitrogens with one attached hydrogen (secondary N) is 1. The SMILES string of the molecule is CCOC1(c2nc(CC)c(CNC(C)C)s2)CCOCC1. The van der Waals surface area contributed by atoms with Crippen LogP contribution in [0, 0.1) is 0 Å². The summed E-state index contributed by atoms with van der Waals surface area (Å²) >= 11 is 1.82. The van der Waals surface area contributed by atoms with Crippen molar-refractivity contribution >= 4 is 11.3 Å². The van der Waals surface area contributed by atoms with E-state index in [1.807, 2.05) is 11.3 Å². The summed E-state index contributed by atoms with van der Waals surface area (Å²) in [5.74, 6) is 0. The van der Waals surface area contributed by atoms with Crippen LogP contribution in [0.5, 0.6) is 0 Å². The molecule has 0 atom stereocenters. The summed E-state index contributed by atoms with van der Waals surface area (Å²) in [4.78, 5) is 6.27. The van der Waals surface area contributed by atoms with Crippen molar-refractivity contribution in [3.63, 3.8) is 0 Å². The van der Waals surface area contributed by atoms with E-state index in [1.54, 1.807) is 0 Å². The molecule has 0 unspecified atom stereocenters. The van der Waals surface area contributed by atoms with Gasteiger partial charge in [0, 0.05) is 50.1 Å². The smallest absolute Gasteiger partial charge is 0.125 e. The van der Waals surface area contributed by atoms with E-state index in [-0.39, 0.29) is 5.60 Å². The number of ether oxygens (including phenoxy) is 2. The van der Waals surface area contributed by atoms with Gasteiger partial charge in [-0.15, -0.1) is 11.3 Å². The Kier molecular flexibility index (Phi) is 6.17. The maximum Gasteiger partial charge on any atom is 0.125 e. The van der Waals surface area contributed by atoms with Crippen LogP contribution in [0.3, 0.4) is 0 Å². The van der Waals surface area contributed by atoms with E-state index in [0.717, 1.165) is 50.6 Å². The van der Waals surface area contributed by atoms with Crippen LogP contribution in [-0.4, -0.2) is 30.8 Å². The zero-order valence-electron chi connectivity index (χ0n) is 13.7. The highest BCUT2D eigenvalue weighted by atomic mass is 32.1. The molecule has 5 heteroatoms. The number of aromatic nitrogens is 1. The molecule has 21 heavy (non-hydrogen) atoms. The maximum absolute atomic E-state index is 6.14. The molecule has 2 heterocycles. The quantitative estimate of drug-likeness (QED) is 0.839. The number of thiazole rings is 1. The van der Waals surface area contributed by atoms with Gasteiger partial charge in [0.1, 0.15) is 10.6 Å². The van der Waals surface area contributed by atoms with Crippen LogP contribution in [0.1, 0.15) is 56.1 Å². The van der Waals surface area contributed by atoms with Crippen molar-refractivity contribution in [3.8, 4) is 0 Å². The third kappa shape index (κ3) is 4.03. The maximum atomic E-state index is 6.14. The first-order valence-corrected chi connectivity index (χ1v) is 8.87. The van der Waals surface area contributed by atoms with E-state index in [4.69, 9.17) is 14.5 Å². The van der Waals surface area contributed by atoms with Gasteiger partial charge in [0.25, 0.3) is 0 Å². The molecule has 0 aromatic carbocycles. The number of hydrogen-bond acceptors (Lipinski definition) is 5. The minimum absolute atomic E-state index is 0.225. The van der Waals surface area contributed by atoms with E-state index in [2.05, 4.69) is 33.0 Å². The van der Waals surface area contributed by atoms with Gasteiger partial charge in [-0.1, -0.05) is 20.8 Å². The molecule has 0 spiro atoms. The summed E-state index contributed by atoms with van der Waals surface area (Å²) < 4.78 is 11.7. The van der Waals surface area contributed by atoms with Gasteiger partial charge in [-0.05, 0) is 13.3 Å². The van der Waals surface area contributed by atoms with Gasteiger partial charge in [-0.2, -0.15) is 0 Å². The third-order valence-corrected chi connectivity index (χ3v) is 5.18. The molecule has 0 amide bonds. The fourth-order valence-electron chi connectivity index (χ4n) is 2.69. The van der Waals surface area contributed by atoms with Crippen molar-refractivity contribution in [2.45, 2.75) is 65.1 Å². The van der Waals surface area contributed by atoms with Crippen molar-refractivity contribution in [1.82, 2.24) is 10.3 Å². The lowest BCUT2D eigenvalue weighted by Crippen LogP contribution is -2.36. The molecule has 1 aromatic heterocycles. The van der Waals surface area contributed by atoms with E-state index in [1.165, 1.54) is 10.6 Å². The van der Waals surface area contributed by atoms with Gasteiger partial charge in [0.2, 0.25) is 0 Å². The highest BCUT2D eigenvalue weighted by molar-refractivity contribution is 7.11. The van der Waals surface area contributed by atoms with Crippen LogP contribution in [0.25, 0.3) is 0 Å². The van der Waals surface area contributed by atoms with Gasteiger partial charge in [0.15, 0.2) is 0 Å². The average Bonchev–Trinajstić information content (AvgIpc) is 2.90. The zero-order valence-corrected chi connectivity index (χ0v) is 14.5. The molecule has 0 saturated carbocycles. The molecule has 1 N–H and O–H groups in total. The van der Waals surface area contributed by atoms with Crippen LogP contribution < -0.4 is 5.32 Å². The van der Waals surface area contributed by atoms with Gasteiger partial charge in [0.05, 0.1) is 5.69 Å². The summed E-state index contributed by atoms with van der Waals surface area (Å²) in [6.07, 6.45) is 2.80. The van der Waals surface area contributed by atoms with E-state index < -0.39 is 0 Å². The number of nitrogens with zero attached hydrogens (tertiary/aromatic N) is 1. The molecule has 0 radical (unpaired) electrons. The van der Waals surface area contributed by atoms with E-state index in [0.29, 0.717) is 6.04 Å². The second kappa shape index (κ2) is 7.68. The third-order valence-electron chi connectivity index (χ3n) is 3.89. The zero-order chi connectivity index (χ0) is 15.3. The Morgan fingerprint density at radius 2 is 2.05 bits per heavy atom. The molecule has 0 bridgehead atoms. The summed E-state index contributed by atoms with van der Waals surface area (Å²) in [6, 6.07) is 0.490. The Morgan fingerprint density at radius 1 is 1.33 bits per heavy atom. The van der Waals surface area contributed by atoms with Crippen molar-refractivity contribution < 1.29 is 9.47 Å². The summed E-state index contributed by atoms with van der Waals surface area (Å²) in [5.41, 5.74) is 0.992. The Labute approximate surface area is 132 Å². The number of hydrogen-bond donors (Lipinski definition) is 1. The monoisotopic (exact) mass is 312 g/mol. The van der Waals surface area contributed by atoms with Gasteiger partial charge < -0.3 is 14.8 Å². The van der Waals surface area contributed by atoms with Gasteiger partial charge in [-0.25, -0.2) is 4.98 Å². The molecule has 1 aliphatic rings. The number of rotatable bonds is 7. The highest BCUT2D eigenvalue weighted by Gasteiger charge is 2.38. The highest BCUT2D eigenvalue weighted by Crippen LogP contribution is 2.39. The normalized spacial score (nSPS) is 18.3. The minimum Gasteiger partial charge on any atom is -0.381 e. The first-order valence-electron chi connectivity index (χ1n) is 8.05. The fraction of sp³-hybridized carbons (Fsp3) is 0.812. The second-order valence-electron chi connectivity index (χ2n) is 5.82. The Morgan fingerprint density at radius 3 is 2.62 bits per heavy atom. The summed E-state index contributed by atoms with van der Waals surface area (Å²) in [7, 11) is 0. The largest absolute Gasteiger partial charge is 0.381 e. The molecule has 0 aliphatic carbocycles. The van der Waals surface area contributed by atoms with Gasteiger partial charge in [-0.3, -0.25) is 0 Å². The molecule has 1 aromatic rings. The van der Waals surface area contributed by atoms with Crippen LogP contribution in [0.2, 0.25) is 0 Å². The molecule has 1 aliphatic heterocycles. The lowest BCUT2D eigenvalue weighted by molar-refractivity contribution is -0.112. The first kappa shape index (κ1) is 16.9. The topological polar surface area (TPSA) is 43.4 Å². The molecule has 2 rings (SSSR count). The van der Waals surface area contributed by atoms with Crippen molar-refractivity contribution in [3.05, 3.63) is 15.6 Å². The van der Waals surface area contributed by atoms with Gasteiger partial charge >= 0.3 is 0 Å². The molecule has 1 saturated heterocycles. The Bertz CT molecular complexity index is 434. The number of aryl methyl sites for hydroxylation is 1. The van der Waals surface area contributed by atoms with Crippen molar-refractivity contribution in [2.75, 3.05) is 19.8 Å². The van der Waals surface area contributed by atoms with Crippen LogP contribution in [0.15, 0.2) is 0 Å². The molecule has 4 nitrogen and oxygen atoms in total. The van der Waals surface area contributed by atoms with Crippen molar-refractivity contribution in [1.29, 1.82) is 0 Å². The minimum atomic E-state index is -0.225. The second-order valence-corrected chi connectivity index (χ2v) is 6.90. The van der Waals surface area contributed by atoms with E-state index >= 15 is 0 Å². The molecular weight excluding hydrogens is 284 g/mol. The predicted molar refractivity (Wildman–Crippen MR) is 86.8 cm³/mol. The molecular formula is C16H28N2O2S. The first-order chi connectivity index (χ1) is 10.1. The Hall–Kier alpha value is -0.490. The summed E-state index contributed by atoms with van der Waals surface area (Å²) in [6.45, 7) is 11.7. The van der Waals surface area contributed by atoms with Crippen molar-refractivity contribution in [2.24, 2.45) is 0 Å². The fourth-order valence-corrected chi connectivity index (χ4v) is 3.99. The molecule has 120 valence electrons. The predicted octanol–water partition coefficient (Wildman–Crippen LogP) is 3.25. The summed E-state index contributed by atoms with van der Waals surface area (Å²) in [5, 5.41) is 4.65.